The van der Waals surface area contributed by atoms with E-state index in [1.165, 1.54) is 16.9 Å². The zero-order chi connectivity index (χ0) is 17.1. The van der Waals surface area contributed by atoms with Crippen LogP contribution in [0.2, 0.25) is 5.02 Å². The molecule has 0 radical (unpaired) electrons. The molecule has 3 nitrogen and oxygen atoms in total. The van der Waals surface area contributed by atoms with Crippen molar-refractivity contribution in [3.05, 3.63) is 69.7 Å². The Kier molecular flexibility index (Phi) is 4.97. The minimum atomic E-state index is -0.0748. The Balaban J connectivity index is 1.69. The highest BCUT2D eigenvalue weighted by molar-refractivity contribution is 7.13. The fourth-order valence-electron chi connectivity index (χ4n) is 2.34. The maximum atomic E-state index is 12.2. The molecule has 0 saturated carbocycles. The second-order valence-corrected chi connectivity index (χ2v) is 6.91. The minimum absolute atomic E-state index is 0.0748. The number of hydrogen-bond acceptors (Lipinski definition) is 3. The van der Waals surface area contributed by atoms with Crippen molar-refractivity contribution in [2.45, 2.75) is 20.3 Å². The number of halogens is 1. The first-order valence-corrected chi connectivity index (χ1v) is 8.85. The van der Waals surface area contributed by atoms with Crippen LogP contribution < -0.4 is 5.32 Å². The molecule has 1 amide bonds. The lowest BCUT2D eigenvalue weighted by Gasteiger charge is -2.07. The SMILES string of the molecule is Cc1ccc(NC(=O)Cc2csc(-c3ccccc3Cl)n2)cc1C. The second-order valence-electron chi connectivity index (χ2n) is 5.65. The van der Waals surface area contributed by atoms with Crippen LogP contribution in [0.5, 0.6) is 0 Å². The summed E-state index contributed by atoms with van der Waals surface area (Å²) in [5.74, 6) is -0.0748. The smallest absolute Gasteiger partial charge is 0.230 e. The fourth-order valence-corrected chi connectivity index (χ4v) is 3.48. The van der Waals surface area contributed by atoms with Gasteiger partial charge < -0.3 is 5.32 Å². The van der Waals surface area contributed by atoms with Crippen molar-refractivity contribution in [2.24, 2.45) is 0 Å². The molecular formula is C19H17ClN2OS. The number of amides is 1. The lowest BCUT2D eigenvalue weighted by atomic mass is 10.1. The van der Waals surface area contributed by atoms with Crippen LogP contribution in [0.15, 0.2) is 47.8 Å². The Morgan fingerprint density at radius 1 is 1.17 bits per heavy atom. The number of nitrogens with zero attached hydrogens (tertiary/aromatic N) is 1. The Morgan fingerprint density at radius 3 is 2.71 bits per heavy atom. The Hall–Kier alpha value is -2.17. The molecule has 3 rings (SSSR count). The van der Waals surface area contributed by atoms with E-state index < -0.39 is 0 Å². The van der Waals surface area contributed by atoms with Crippen molar-refractivity contribution in [1.29, 1.82) is 0 Å². The van der Waals surface area contributed by atoms with E-state index >= 15 is 0 Å². The third-order valence-electron chi connectivity index (χ3n) is 3.79. The summed E-state index contributed by atoms with van der Waals surface area (Å²) >= 11 is 7.69. The molecule has 0 fully saturated rings. The van der Waals surface area contributed by atoms with E-state index in [2.05, 4.69) is 10.3 Å². The molecular weight excluding hydrogens is 340 g/mol. The summed E-state index contributed by atoms with van der Waals surface area (Å²) in [4.78, 5) is 16.7. The number of benzene rings is 2. The van der Waals surface area contributed by atoms with Crippen LogP contribution in [-0.2, 0) is 11.2 Å². The summed E-state index contributed by atoms with van der Waals surface area (Å²) in [6, 6.07) is 13.5. The molecule has 0 bridgehead atoms. The maximum Gasteiger partial charge on any atom is 0.230 e. The fraction of sp³-hybridized carbons (Fsp3) is 0.158. The monoisotopic (exact) mass is 356 g/mol. The highest BCUT2D eigenvalue weighted by Gasteiger charge is 2.11. The molecule has 0 aliphatic rings. The molecule has 0 aliphatic heterocycles. The average molecular weight is 357 g/mol. The molecule has 0 aliphatic carbocycles. The predicted molar refractivity (Wildman–Crippen MR) is 101 cm³/mol. The minimum Gasteiger partial charge on any atom is -0.326 e. The first kappa shape index (κ1) is 16.7. The topological polar surface area (TPSA) is 42.0 Å². The van der Waals surface area contributed by atoms with E-state index in [9.17, 15) is 4.79 Å². The largest absolute Gasteiger partial charge is 0.326 e. The average Bonchev–Trinajstić information content (AvgIpc) is 2.99. The summed E-state index contributed by atoms with van der Waals surface area (Å²) in [5.41, 5.74) is 4.81. The van der Waals surface area contributed by atoms with E-state index in [1.54, 1.807) is 0 Å². The van der Waals surface area contributed by atoms with Crippen molar-refractivity contribution >= 4 is 34.5 Å². The molecule has 122 valence electrons. The molecule has 3 aromatic rings. The summed E-state index contributed by atoms with van der Waals surface area (Å²) < 4.78 is 0. The van der Waals surface area contributed by atoms with Gasteiger partial charge in [0.1, 0.15) is 5.01 Å². The van der Waals surface area contributed by atoms with Gasteiger partial charge in [-0.25, -0.2) is 4.98 Å². The van der Waals surface area contributed by atoms with Crippen LogP contribution in [0.25, 0.3) is 10.6 Å². The molecule has 1 N–H and O–H groups in total. The van der Waals surface area contributed by atoms with Crippen LogP contribution in [-0.4, -0.2) is 10.9 Å². The van der Waals surface area contributed by atoms with Crippen molar-refractivity contribution in [3.63, 3.8) is 0 Å². The zero-order valence-electron chi connectivity index (χ0n) is 13.5. The number of nitrogens with one attached hydrogen (secondary N) is 1. The Morgan fingerprint density at radius 2 is 1.96 bits per heavy atom. The van der Waals surface area contributed by atoms with Gasteiger partial charge in [-0.05, 0) is 43.2 Å². The van der Waals surface area contributed by atoms with E-state index in [0.29, 0.717) is 5.02 Å². The lowest BCUT2D eigenvalue weighted by molar-refractivity contribution is -0.115. The van der Waals surface area contributed by atoms with E-state index in [0.717, 1.165) is 27.5 Å². The van der Waals surface area contributed by atoms with Gasteiger partial charge in [-0.15, -0.1) is 11.3 Å². The van der Waals surface area contributed by atoms with Crippen LogP contribution in [0.1, 0.15) is 16.8 Å². The van der Waals surface area contributed by atoms with Crippen LogP contribution in [0.3, 0.4) is 0 Å². The number of carbonyl (C=O) groups excluding carboxylic acids is 1. The van der Waals surface area contributed by atoms with Crippen molar-refractivity contribution in [2.75, 3.05) is 5.32 Å². The van der Waals surface area contributed by atoms with Gasteiger partial charge in [0.15, 0.2) is 0 Å². The molecule has 5 heteroatoms. The van der Waals surface area contributed by atoms with Gasteiger partial charge in [-0.2, -0.15) is 0 Å². The zero-order valence-corrected chi connectivity index (χ0v) is 15.0. The number of rotatable bonds is 4. The van der Waals surface area contributed by atoms with E-state index in [4.69, 9.17) is 11.6 Å². The number of carbonyl (C=O) groups is 1. The number of hydrogen-bond donors (Lipinski definition) is 1. The summed E-state index contributed by atoms with van der Waals surface area (Å²) in [7, 11) is 0. The van der Waals surface area contributed by atoms with Crippen LogP contribution >= 0.6 is 22.9 Å². The van der Waals surface area contributed by atoms with Crippen molar-refractivity contribution in [1.82, 2.24) is 4.98 Å². The lowest BCUT2D eigenvalue weighted by Crippen LogP contribution is -2.14. The van der Waals surface area contributed by atoms with Gasteiger partial charge in [-0.1, -0.05) is 35.9 Å². The van der Waals surface area contributed by atoms with E-state index in [1.807, 2.05) is 61.7 Å². The highest BCUT2D eigenvalue weighted by atomic mass is 35.5. The Labute approximate surface area is 150 Å². The number of thiazole rings is 1. The number of aryl methyl sites for hydroxylation is 2. The van der Waals surface area contributed by atoms with Gasteiger partial charge in [0.05, 0.1) is 17.1 Å². The third kappa shape index (κ3) is 3.83. The van der Waals surface area contributed by atoms with Gasteiger partial charge in [0, 0.05) is 16.6 Å². The van der Waals surface area contributed by atoms with Gasteiger partial charge in [0.25, 0.3) is 0 Å². The van der Waals surface area contributed by atoms with Gasteiger partial charge >= 0.3 is 0 Å². The molecule has 24 heavy (non-hydrogen) atoms. The van der Waals surface area contributed by atoms with E-state index in [-0.39, 0.29) is 12.3 Å². The van der Waals surface area contributed by atoms with Gasteiger partial charge in [-0.3, -0.25) is 4.79 Å². The molecule has 1 heterocycles. The first-order chi connectivity index (χ1) is 11.5. The summed E-state index contributed by atoms with van der Waals surface area (Å²) in [6.07, 6.45) is 0.244. The van der Waals surface area contributed by atoms with Crippen molar-refractivity contribution < 1.29 is 4.79 Å². The number of aromatic nitrogens is 1. The first-order valence-electron chi connectivity index (χ1n) is 7.59. The number of anilines is 1. The standard InChI is InChI=1S/C19H17ClN2OS/c1-12-7-8-14(9-13(12)2)21-18(23)10-15-11-24-19(22-15)16-5-3-4-6-17(16)20/h3-9,11H,10H2,1-2H3,(H,21,23). The summed E-state index contributed by atoms with van der Waals surface area (Å²) in [5, 5.41) is 6.31. The van der Waals surface area contributed by atoms with Crippen LogP contribution in [0.4, 0.5) is 5.69 Å². The van der Waals surface area contributed by atoms with Crippen LogP contribution in [0, 0.1) is 13.8 Å². The molecule has 2 aromatic carbocycles. The van der Waals surface area contributed by atoms with Crippen molar-refractivity contribution in [3.8, 4) is 10.6 Å². The Bertz CT molecular complexity index is 889. The molecule has 0 unspecified atom stereocenters. The predicted octanol–water partition coefficient (Wildman–Crippen LogP) is 5.26. The molecule has 0 saturated heterocycles. The third-order valence-corrected chi connectivity index (χ3v) is 5.04. The van der Waals surface area contributed by atoms with Gasteiger partial charge in [0.2, 0.25) is 5.91 Å². The molecule has 0 atom stereocenters. The molecule has 1 aromatic heterocycles. The molecule has 0 spiro atoms. The maximum absolute atomic E-state index is 12.2. The highest BCUT2D eigenvalue weighted by Crippen LogP contribution is 2.30. The second kappa shape index (κ2) is 7.16. The normalized spacial score (nSPS) is 10.6. The summed E-state index contributed by atoms with van der Waals surface area (Å²) in [6.45, 7) is 4.08. The quantitative estimate of drug-likeness (QED) is 0.692.